The van der Waals surface area contributed by atoms with Gasteiger partial charge in [-0.3, -0.25) is 4.57 Å². The highest BCUT2D eigenvalue weighted by molar-refractivity contribution is 7.89. The molecule has 1 aromatic heterocycles. The first-order valence-corrected chi connectivity index (χ1v) is 10.1. The number of alkyl halides is 2. The number of hydrogen-bond acceptors (Lipinski definition) is 3. The van der Waals surface area contributed by atoms with Gasteiger partial charge in [0.2, 0.25) is 10.0 Å². The molecule has 0 fully saturated rings. The highest BCUT2D eigenvalue weighted by Gasteiger charge is 2.26. The molecule has 5 nitrogen and oxygen atoms in total. The van der Waals surface area contributed by atoms with Crippen LogP contribution in [0.3, 0.4) is 0 Å². The van der Waals surface area contributed by atoms with Crippen LogP contribution >= 0.6 is 0 Å². The minimum absolute atomic E-state index is 0.0411. The van der Waals surface area contributed by atoms with Crippen molar-refractivity contribution in [2.24, 2.45) is 0 Å². The highest BCUT2D eigenvalue weighted by atomic mass is 32.2. The second-order valence-corrected chi connectivity index (χ2v) is 8.17. The summed E-state index contributed by atoms with van der Waals surface area (Å²) in [5.41, 5.74) is 0.638. The lowest BCUT2D eigenvalue weighted by molar-refractivity contribution is 0.0702. The number of nitrogens with one attached hydrogen (secondary N) is 1. The zero-order valence-corrected chi connectivity index (χ0v) is 15.7. The van der Waals surface area contributed by atoms with Gasteiger partial charge in [-0.15, -0.1) is 0 Å². The summed E-state index contributed by atoms with van der Waals surface area (Å²) in [4.78, 5) is 4.29. The van der Waals surface area contributed by atoms with Crippen molar-refractivity contribution in [3.05, 3.63) is 72.6 Å². The molecule has 28 heavy (non-hydrogen) atoms. The first kappa shape index (κ1) is 18.5. The van der Waals surface area contributed by atoms with Gasteiger partial charge in [-0.25, -0.2) is 18.1 Å². The summed E-state index contributed by atoms with van der Waals surface area (Å²) in [5.74, 6) is -0.0411. The van der Waals surface area contributed by atoms with Gasteiger partial charge in [0.15, 0.2) is 0 Å². The molecule has 0 aliphatic heterocycles. The van der Waals surface area contributed by atoms with Gasteiger partial charge in [-0.2, -0.15) is 8.78 Å². The largest absolute Gasteiger partial charge is 0.320 e. The van der Waals surface area contributed by atoms with Crippen molar-refractivity contribution < 1.29 is 17.2 Å². The van der Waals surface area contributed by atoms with Crippen LogP contribution in [0.5, 0.6) is 0 Å². The second-order valence-electron chi connectivity index (χ2n) is 6.46. The summed E-state index contributed by atoms with van der Waals surface area (Å²) in [6, 6.07) is 17.7. The van der Waals surface area contributed by atoms with Gasteiger partial charge in [0.25, 0.3) is 0 Å². The fourth-order valence-corrected chi connectivity index (χ4v) is 4.50. The third kappa shape index (κ3) is 3.25. The van der Waals surface area contributed by atoms with E-state index in [2.05, 4.69) is 9.71 Å². The predicted molar refractivity (Wildman–Crippen MR) is 104 cm³/mol. The summed E-state index contributed by atoms with van der Waals surface area (Å²) >= 11 is 0. The van der Waals surface area contributed by atoms with Crippen molar-refractivity contribution in [1.82, 2.24) is 14.3 Å². The molecule has 1 heterocycles. The minimum atomic E-state index is -3.93. The fraction of sp³-hybridized carbons (Fsp3) is 0.150. The lowest BCUT2D eigenvalue weighted by Gasteiger charge is -2.16. The SMILES string of the molecule is C[C@@H](NS(=O)(=O)c1ccc2ccccc2c1)c1nc2ccccc2n1C(F)F. The van der Waals surface area contributed by atoms with E-state index in [1.165, 1.54) is 19.1 Å². The van der Waals surface area contributed by atoms with E-state index in [1.54, 1.807) is 30.3 Å². The van der Waals surface area contributed by atoms with Crippen LogP contribution in [0.1, 0.15) is 25.3 Å². The fourth-order valence-electron chi connectivity index (χ4n) is 3.26. The highest BCUT2D eigenvalue weighted by Crippen LogP contribution is 2.28. The Labute approximate surface area is 160 Å². The Morgan fingerprint density at radius 2 is 1.64 bits per heavy atom. The van der Waals surface area contributed by atoms with E-state index in [9.17, 15) is 17.2 Å². The van der Waals surface area contributed by atoms with E-state index in [0.717, 1.165) is 15.3 Å². The van der Waals surface area contributed by atoms with E-state index < -0.39 is 22.6 Å². The average molecular weight is 401 g/mol. The number of para-hydroxylation sites is 2. The Balaban J connectivity index is 1.71. The van der Waals surface area contributed by atoms with Crippen LogP contribution in [0.4, 0.5) is 8.78 Å². The van der Waals surface area contributed by atoms with Gasteiger partial charge in [0, 0.05) is 0 Å². The van der Waals surface area contributed by atoms with Crippen molar-refractivity contribution in [2.75, 3.05) is 0 Å². The topological polar surface area (TPSA) is 64.0 Å². The molecule has 1 N–H and O–H groups in total. The van der Waals surface area contributed by atoms with E-state index >= 15 is 0 Å². The molecule has 0 spiro atoms. The Morgan fingerprint density at radius 1 is 0.964 bits per heavy atom. The summed E-state index contributed by atoms with van der Waals surface area (Å²) < 4.78 is 56.1. The number of benzene rings is 3. The molecule has 8 heteroatoms. The molecule has 0 saturated carbocycles. The molecule has 1 atom stereocenters. The Bertz CT molecular complexity index is 1270. The van der Waals surface area contributed by atoms with Crippen molar-refractivity contribution in [3.8, 4) is 0 Å². The maximum Gasteiger partial charge on any atom is 0.320 e. The predicted octanol–water partition coefficient (Wildman–Crippen LogP) is 4.62. The quantitative estimate of drug-likeness (QED) is 0.531. The number of nitrogens with zero attached hydrogens (tertiary/aromatic N) is 2. The summed E-state index contributed by atoms with van der Waals surface area (Å²) in [6.07, 6.45) is 0. The standard InChI is InChI=1S/C20H17F2N3O2S/c1-13(19-23-17-8-4-5-9-18(17)25(19)20(21)22)24-28(26,27)16-11-10-14-6-2-3-7-15(14)12-16/h2-13,20,24H,1H3/t13-/m1/s1. The molecule has 0 radical (unpaired) electrons. The molecule has 0 aliphatic rings. The molecular weight excluding hydrogens is 384 g/mol. The monoisotopic (exact) mass is 401 g/mol. The number of rotatable bonds is 5. The van der Waals surface area contributed by atoms with Gasteiger partial charge < -0.3 is 0 Å². The molecule has 144 valence electrons. The zero-order valence-electron chi connectivity index (χ0n) is 14.9. The molecule has 3 aromatic carbocycles. The third-order valence-corrected chi connectivity index (χ3v) is 6.11. The normalized spacial score (nSPS) is 13.4. The third-order valence-electron chi connectivity index (χ3n) is 4.57. The van der Waals surface area contributed by atoms with E-state index in [4.69, 9.17) is 0 Å². The van der Waals surface area contributed by atoms with Crippen molar-refractivity contribution in [3.63, 3.8) is 0 Å². The number of aromatic nitrogens is 2. The Hall–Kier alpha value is -2.84. The van der Waals surface area contributed by atoms with Crippen LogP contribution < -0.4 is 4.72 Å². The second kappa shape index (κ2) is 6.96. The molecule has 0 bridgehead atoms. The number of imidazole rings is 1. The molecule has 4 aromatic rings. The maximum absolute atomic E-state index is 13.6. The van der Waals surface area contributed by atoms with Crippen LogP contribution in [0.15, 0.2) is 71.6 Å². The lowest BCUT2D eigenvalue weighted by atomic mass is 10.1. The Kier molecular flexibility index (Phi) is 4.60. The van der Waals surface area contributed by atoms with E-state index in [1.807, 2.05) is 24.3 Å². The maximum atomic E-state index is 13.6. The average Bonchev–Trinajstić information content (AvgIpc) is 3.07. The van der Waals surface area contributed by atoms with Gasteiger partial charge in [0.1, 0.15) is 5.82 Å². The number of hydrogen-bond donors (Lipinski definition) is 1. The van der Waals surface area contributed by atoms with Crippen LogP contribution in [0.25, 0.3) is 21.8 Å². The summed E-state index contributed by atoms with van der Waals surface area (Å²) in [5, 5.41) is 1.69. The molecule has 0 amide bonds. The lowest BCUT2D eigenvalue weighted by Crippen LogP contribution is -2.29. The van der Waals surface area contributed by atoms with Crippen molar-refractivity contribution in [1.29, 1.82) is 0 Å². The van der Waals surface area contributed by atoms with Crippen LogP contribution in [-0.4, -0.2) is 18.0 Å². The van der Waals surface area contributed by atoms with Gasteiger partial charge >= 0.3 is 6.55 Å². The van der Waals surface area contributed by atoms with Crippen LogP contribution in [0.2, 0.25) is 0 Å². The zero-order chi connectivity index (χ0) is 19.9. The van der Waals surface area contributed by atoms with Crippen LogP contribution in [0, 0.1) is 0 Å². The minimum Gasteiger partial charge on any atom is -0.269 e. The number of fused-ring (bicyclic) bond motifs is 2. The molecular formula is C20H17F2N3O2S. The molecule has 0 saturated heterocycles. The summed E-state index contributed by atoms with van der Waals surface area (Å²) in [6.45, 7) is -1.34. The number of sulfonamides is 1. The molecule has 0 aliphatic carbocycles. The van der Waals surface area contributed by atoms with Crippen molar-refractivity contribution in [2.45, 2.75) is 24.4 Å². The van der Waals surface area contributed by atoms with Gasteiger partial charge in [-0.1, -0.05) is 42.5 Å². The van der Waals surface area contributed by atoms with Gasteiger partial charge in [-0.05, 0) is 42.0 Å². The first-order valence-electron chi connectivity index (χ1n) is 8.63. The summed E-state index contributed by atoms with van der Waals surface area (Å²) in [7, 11) is -3.93. The van der Waals surface area contributed by atoms with Crippen molar-refractivity contribution >= 4 is 31.8 Å². The Morgan fingerprint density at radius 3 is 2.39 bits per heavy atom. The smallest absolute Gasteiger partial charge is 0.269 e. The van der Waals surface area contributed by atoms with Crippen LogP contribution in [-0.2, 0) is 10.0 Å². The first-order chi connectivity index (χ1) is 13.4. The number of halogens is 2. The van der Waals surface area contributed by atoms with E-state index in [0.29, 0.717) is 5.52 Å². The molecule has 4 rings (SSSR count). The van der Waals surface area contributed by atoms with E-state index in [-0.39, 0.29) is 16.2 Å². The van der Waals surface area contributed by atoms with Gasteiger partial charge in [0.05, 0.1) is 22.0 Å². The molecule has 0 unspecified atom stereocenters.